The summed E-state index contributed by atoms with van der Waals surface area (Å²) >= 11 is 1.56. The molecule has 0 bridgehead atoms. The van der Waals surface area contributed by atoms with Crippen molar-refractivity contribution in [3.63, 3.8) is 0 Å². The van der Waals surface area contributed by atoms with Crippen LogP contribution in [0.4, 0.5) is 5.13 Å². The number of aromatic nitrogens is 1. The maximum Gasteiger partial charge on any atom is 0.186 e. The van der Waals surface area contributed by atoms with Gasteiger partial charge in [0, 0.05) is 19.0 Å². The van der Waals surface area contributed by atoms with Crippen LogP contribution in [-0.2, 0) is 11.2 Å². The maximum absolute atomic E-state index is 12.0. The van der Waals surface area contributed by atoms with E-state index in [1.165, 1.54) is 0 Å². The molecule has 17 heavy (non-hydrogen) atoms. The number of rotatable bonds is 1. The number of aryl methyl sites for hydroxylation is 1. The van der Waals surface area contributed by atoms with Crippen LogP contribution in [0.3, 0.4) is 0 Å². The minimum absolute atomic E-state index is 0.167. The Kier molecular flexibility index (Phi) is 2.88. The van der Waals surface area contributed by atoms with Crippen molar-refractivity contribution in [2.45, 2.75) is 19.8 Å². The summed E-state index contributed by atoms with van der Waals surface area (Å²) in [6, 6.07) is 0. The molecule has 3 rings (SSSR count). The topological polar surface area (TPSA) is 42.4 Å². The van der Waals surface area contributed by atoms with Crippen LogP contribution in [0.25, 0.3) is 0 Å². The number of morpholine rings is 1. The highest BCUT2D eigenvalue weighted by atomic mass is 32.1. The first-order chi connectivity index (χ1) is 8.25. The SMILES string of the molecule is CC1CCc2nc(N3CCOCC3)sc2C1=O. The Labute approximate surface area is 105 Å². The molecule has 2 heterocycles. The van der Waals surface area contributed by atoms with Crippen molar-refractivity contribution in [3.8, 4) is 0 Å². The average Bonchev–Trinajstić information content (AvgIpc) is 2.80. The van der Waals surface area contributed by atoms with E-state index in [9.17, 15) is 4.79 Å². The lowest BCUT2D eigenvalue weighted by molar-refractivity contribution is 0.0917. The summed E-state index contributed by atoms with van der Waals surface area (Å²) in [6.45, 7) is 5.30. The van der Waals surface area contributed by atoms with Gasteiger partial charge in [0.15, 0.2) is 10.9 Å². The zero-order chi connectivity index (χ0) is 11.8. The lowest BCUT2D eigenvalue weighted by Crippen LogP contribution is -2.36. The summed E-state index contributed by atoms with van der Waals surface area (Å²) < 4.78 is 5.33. The summed E-state index contributed by atoms with van der Waals surface area (Å²) in [6.07, 6.45) is 1.89. The molecule has 4 nitrogen and oxygen atoms in total. The highest BCUT2D eigenvalue weighted by Crippen LogP contribution is 2.34. The monoisotopic (exact) mass is 252 g/mol. The van der Waals surface area contributed by atoms with Gasteiger partial charge in [-0.05, 0) is 12.8 Å². The van der Waals surface area contributed by atoms with Crippen molar-refractivity contribution in [3.05, 3.63) is 10.6 Å². The molecule has 1 aromatic heterocycles. The van der Waals surface area contributed by atoms with Gasteiger partial charge in [0.05, 0.1) is 23.8 Å². The van der Waals surface area contributed by atoms with E-state index >= 15 is 0 Å². The number of Topliss-reactive ketones (excluding diaryl/α,β-unsaturated/α-hetero) is 1. The third kappa shape index (κ3) is 1.98. The molecule has 0 aromatic carbocycles. The molecule has 1 aromatic rings. The fourth-order valence-electron chi connectivity index (χ4n) is 2.30. The third-order valence-corrected chi connectivity index (χ3v) is 4.63. The second-order valence-corrected chi connectivity index (χ2v) is 5.65. The first kappa shape index (κ1) is 11.2. The number of hydrogen-bond acceptors (Lipinski definition) is 5. The van der Waals surface area contributed by atoms with Gasteiger partial charge in [-0.2, -0.15) is 0 Å². The fourth-order valence-corrected chi connectivity index (χ4v) is 3.52. The van der Waals surface area contributed by atoms with E-state index in [0.717, 1.165) is 54.8 Å². The van der Waals surface area contributed by atoms with Gasteiger partial charge in [-0.25, -0.2) is 4.98 Å². The first-order valence-corrected chi connectivity index (χ1v) is 6.94. The van der Waals surface area contributed by atoms with E-state index in [4.69, 9.17) is 4.74 Å². The van der Waals surface area contributed by atoms with Crippen LogP contribution in [0.15, 0.2) is 0 Å². The zero-order valence-corrected chi connectivity index (χ0v) is 10.8. The van der Waals surface area contributed by atoms with Crippen molar-refractivity contribution in [2.24, 2.45) is 5.92 Å². The van der Waals surface area contributed by atoms with E-state index in [2.05, 4.69) is 9.88 Å². The average molecular weight is 252 g/mol. The summed E-state index contributed by atoms with van der Waals surface area (Å²) in [5, 5.41) is 1.00. The Morgan fingerprint density at radius 3 is 2.94 bits per heavy atom. The zero-order valence-electron chi connectivity index (χ0n) is 9.94. The Morgan fingerprint density at radius 2 is 2.18 bits per heavy atom. The molecule has 0 radical (unpaired) electrons. The van der Waals surface area contributed by atoms with Crippen LogP contribution in [0.5, 0.6) is 0 Å². The number of fused-ring (bicyclic) bond motifs is 1. The molecular formula is C12H16N2O2S. The van der Waals surface area contributed by atoms with Gasteiger partial charge in [-0.1, -0.05) is 18.3 Å². The molecule has 2 aliphatic rings. The molecule has 1 aliphatic carbocycles. The summed E-state index contributed by atoms with van der Waals surface area (Å²) in [7, 11) is 0. The van der Waals surface area contributed by atoms with Crippen LogP contribution in [0.2, 0.25) is 0 Å². The molecule has 0 N–H and O–H groups in total. The van der Waals surface area contributed by atoms with Crippen LogP contribution in [0, 0.1) is 5.92 Å². The number of anilines is 1. The molecule has 1 unspecified atom stereocenters. The van der Waals surface area contributed by atoms with E-state index in [-0.39, 0.29) is 11.7 Å². The van der Waals surface area contributed by atoms with Gasteiger partial charge in [0.1, 0.15) is 0 Å². The van der Waals surface area contributed by atoms with Gasteiger partial charge >= 0.3 is 0 Å². The van der Waals surface area contributed by atoms with Crippen LogP contribution < -0.4 is 4.90 Å². The van der Waals surface area contributed by atoms with Crippen molar-refractivity contribution < 1.29 is 9.53 Å². The van der Waals surface area contributed by atoms with Crippen LogP contribution in [-0.4, -0.2) is 37.1 Å². The highest BCUT2D eigenvalue weighted by molar-refractivity contribution is 7.17. The number of carbonyl (C=O) groups excluding carboxylic acids is 1. The molecule has 5 heteroatoms. The number of thiazole rings is 1. The third-order valence-electron chi connectivity index (χ3n) is 3.45. The molecule has 0 spiro atoms. The Hall–Kier alpha value is -0.940. The van der Waals surface area contributed by atoms with Crippen LogP contribution in [0.1, 0.15) is 28.7 Å². The number of carbonyl (C=O) groups is 1. The summed E-state index contributed by atoms with van der Waals surface area (Å²) in [4.78, 5) is 19.8. The molecule has 1 atom stereocenters. The van der Waals surface area contributed by atoms with Crippen molar-refractivity contribution >= 4 is 22.3 Å². The molecule has 92 valence electrons. The van der Waals surface area contributed by atoms with Crippen molar-refractivity contribution in [2.75, 3.05) is 31.2 Å². The Bertz CT molecular complexity index is 438. The second kappa shape index (κ2) is 4.38. The summed E-state index contributed by atoms with van der Waals surface area (Å²) in [5.74, 6) is 0.448. The maximum atomic E-state index is 12.0. The Morgan fingerprint density at radius 1 is 1.41 bits per heavy atom. The van der Waals surface area contributed by atoms with E-state index in [1.807, 2.05) is 6.92 Å². The van der Waals surface area contributed by atoms with Gasteiger partial charge < -0.3 is 9.64 Å². The number of hydrogen-bond donors (Lipinski definition) is 0. The predicted octanol–water partition coefficient (Wildman–Crippen LogP) is 1.74. The molecule has 0 saturated carbocycles. The smallest absolute Gasteiger partial charge is 0.186 e. The lowest BCUT2D eigenvalue weighted by Gasteiger charge is -2.25. The number of ether oxygens (including phenoxy) is 1. The van der Waals surface area contributed by atoms with E-state index < -0.39 is 0 Å². The fraction of sp³-hybridized carbons (Fsp3) is 0.667. The van der Waals surface area contributed by atoms with Gasteiger partial charge in [0.25, 0.3) is 0 Å². The van der Waals surface area contributed by atoms with Gasteiger partial charge in [-0.3, -0.25) is 4.79 Å². The van der Waals surface area contributed by atoms with Gasteiger partial charge in [-0.15, -0.1) is 0 Å². The Balaban J connectivity index is 1.88. The summed E-state index contributed by atoms with van der Waals surface area (Å²) in [5.41, 5.74) is 1.01. The quantitative estimate of drug-likeness (QED) is 0.763. The minimum atomic E-state index is 0.167. The molecule has 1 saturated heterocycles. The standard InChI is InChI=1S/C12H16N2O2S/c1-8-2-3-9-11(10(8)15)17-12(13-9)14-4-6-16-7-5-14/h8H,2-7H2,1H3. The van der Waals surface area contributed by atoms with Crippen molar-refractivity contribution in [1.29, 1.82) is 0 Å². The van der Waals surface area contributed by atoms with E-state index in [1.54, 1.807) is 11.3 Å². The minimum Gasteiger partial charge on any atom is -0.378 e. The van der Waals surface area contributed by atoms with Crippen LogP contribution >= 0.6 is 11.3 Å². The molecule has 1 aliphatic heterocycles. The van der Waals surface area contributed by atoms with Gasteiger partial charge in [0.2, 0.25) is 0 Å². The predicted molar refractivity (Wildman–Crippen MR) is 67.0 cm³/mol. The second-order valence-electron chi connectivity index (χ2n) is 4.68. The lowest BCUT2D eigenvalue weighted by atomic mass is 9.92. The molecule has 1 fully saturated rings. The molecule has 0 amide bonds. The number of ketones is 1. The van der Waals surface area contributed by atoms with Crippen molar-refractivity contribution in [1.82, 2.24) is 4.98 Å². The largest absolute Gasteiger partial charge is 0.378 e. The molecular weight excluding hydrogens is 236 g/mol. The highest BCUT2D eigenvalue weighted by Gasteiger charge is 2.29. The van der Waals surface area contributed by atoms with E-state index in [0.29, 0.717) is 0 Å². The number of nitrogens with zero attached hydrogens (tertiary/aromatic N) is 2. The normalized spacial score (nSPS) is 24.9. The first-order valence-electron chi connectivity index (χ1n) is 6.12.